The molecule has 0 aliphatic carbocycles. The van der Waals surface area contributed by atoms with Crippen LogP contribution in [0.25, 0.3) is 0 Å². The molecule has 7 heteroatoms. The summed E-state index contributed by atoms with van der Waals surface area (Å²) in [4.78, 5) is 7.34. The summed E-state index contributed by atoms with van der Waals surface area (Å²) in [6.07, 6.45) is 2.47. The van der Waals surface area contributed by atoms with Crippen LogP contribution >= 0.6 is 0 Å². The summed E-state index contributed by atoms with van der Waals surface area (Å²) in [6.45, 7) is 0.530. The highest BCUT2D eigenvalue weighted by molar-refractivity contribution is 7.89. The van der Waals surface area contributed by atoms with E-state index in [1.165, 1.54) is 12.5 Å². The highest BCUT2D eigenvalue weighted by Gasteiger charge is 2.23. The largest absolute Gasteiger partial charge is 0.475 e. The third-order valence-electron chi connectivity index (χ3n) is 1.57. The van der Waals surface area contributed by atoms with Crippen LogP contribution in [0.5, 0.6) is 5.88 Å². The van der Waals surface area contributed by atoms with Gasteiger partial charge in [0.05, 0.1) is 6.20 Å². The highest BCUT2D eigenvalue weighted by Crippen LogP contribution is 2.20. The van der Waals surface area contributed by atoms with Gasteiger partial charge in [-0.1, -0.05) is 0 Å². The average Bonchev–Trinajstić information content (AvgIpc) is 2.26. The van der Waals surface area contributed by atoms with Crippen LogP contribution in [-0.4, -0.2) is 31.5 Å². The van der Waals surface area contributed by atoms with E-state index in [9.17, 15) is 8.42 Å². The first kappa shape index (κ1) is 8.39. The van der Waals surface area contributed by atoms with Crippen molar-refractivity contribution in [2.45, 2.75) is 4.90 Å². The van der Waals surface area contributed by atoms with E-state index in [2.05, 4.69) is 14.7 Å². The normalized spacial score (nSPS) is 19.7. The van der Waals surface area contributed by atoms with E-state index >= 15 is 0 Å². The number of fused-ring (bicyclic) bond motifs is 1. The van der Waals surface area contributed by atoms with Crippen LogP contribution in [0.3, 0.4) is 0 Å². The maximum atomic E-state index is 11.4. The molecule has 0 saturated heterocycles. The molecule has 0 bridgehead atoms. The molecular weight excluding hydrogens is 194 g/mol. The Morgan fingerprint density at radius 1 is 1.54 bits per heavy atom. The van der Waals surface area contributed by atoms with Gasteiger partial charge in [-0.25, -0.2) is 23.1 Å². The van der Waals surface area contributed by atoms with Crippen LogP contribution in [0.4, 0.5) is 0 Å². The summed E-state index contributed by atoms with van der Waals surface area (Å²) in [5, 5.41) is 0. The number of hydrogen-bond donors (Lipinski definition) is 1. The van der Waals surface area contributed by atoms with Crippen molar-refractivity contribution in [1.29, 1.82) is 0 Å². The summed E-state index contributed by atoms with van der Waals surface area (Å²) in [7, 11) is -3.48. The Kier molecular flexibility index (Phi) is 1.89. The molecule has 6 nitrogen and oxygen atoms in total. The van der Waals surface area contributed by atoms with Gasteiger partial charge in [-0.05, 0) is 0 Å². The summed E-state index contributed by atoms with van der Waals surface area (Å²) >= 11 is 0. The summed E-state index contributed by atoms with van der Waals surface area (Å²) in [6, 6.07) is 0. The van der Waals surface area contributed by atoms with E-state index in [0.717, 1.165) is 0 Å². The monoisotopic (exact) mass is 201 g/mol. The van der Waals surface area contributed by atoms with Crippen molar-refractivity contribution in [2.75, 3.05) is 13.2 Å². The fourth-order valence-corrected chi connectivity index (χ4v) is 2.05. The first-order valence-corrected chi connectivity index (χ1v) is 5.11. The van der Waals surface area contributed by atoms with Crippen molar-refractivity contribution in [2.24, 2.45) is 0 Å². The molecule has 0 saturated carbocycles. The van der Waals surface area contributed by atoms with Crippen LogP contribution < -0.4 is 9.46 Å². The Morgan fingerprint density at radius 3 is 3.23 bits per heavy atom. The van der Waals surface area contributed by atoms with Crippen molar-refractivity contribution in [3.05, 3.63) is 12.5 Å². The van der Waals surface area contributed by atoms with E-state index in [-0.39, 0.29) is 23.9 Å². The number of aromatic nitrogens is 2. The maximum Gasteiger partial charge on any atom is 0.247 e. The van der Waals surface area contributed by atoms with Crippen LogP contribution in [0, 0.1) is 0 Å². The van der Waals surface area contributed by atoms with Crippen LogP contribution in [-0.2, 0) is 10.0 Å². The fourth-order valence-electron chi connectivity index (χ4n) is 1.000. The smallest absolute Gasteiger partial charge is 0.247 e. The molecule has 0 amide bonds. The summed E-state index contributed by atoms with van der Waals surface area (Å²) in [5.41, 5.74) is 0. The number of sulfonamides is 1. The summed E-state index contributed by atoms with van der Waals surface area (Å²) in [5.74, 6) is 0.111. The first-order chi connectivity index (χ1) is 6.20. The molecule has 0 spiro atoms. The topological polar surface area (TPSA) is 81.2 Å². The molecule has 13 heavy (non-hydrogen) atoms. The number of ether oxygens (including phenoxy) is 1. The summed E-state index contributed by atoms with van der Waals surface area (Å²) < 4.78 is 30.3. The minimum Gasteiger partial charge on any atom is -0.475 e. The lowest BCUT2D eigenvalue weighted by Crippen LogP contribution is -2.24. The van der Waals surface area contributed by atoms with Gasteiger partial charge in [0.2, 0.25) is 15.9 Å². The van der Waals surface area contributed by atoms with Crippen molar-refractivity contribution in [3.8, 4) is 5.88 Å². The average molecular weight is 201 g/mol. The van der Waals surface area contributed by atoms with Crippen molar-refractivity contribution >= 4 is 10.0 Å². The second-order valence-electron chi connectivity index (χ2n) is 2.44. The number of nitrogens with zero attached hydrogens (tertiary/aromatic N) is 2. The lowest BCUT2D eigenvalue weighted by Gasteiger charge is -2.01. The highest BCUT2D eigenvalue weighted by atomic mass is 32.2. The van der Waals surface area contributed by atoms with E-state index in [1.807, 2.05) is 0 Å². The van der Waals surface area contributed by atoms with Crippen molar-refractivity contribution in [1.82, 2.24) is 14.7 Å². The van der Waals surface area contributed by atoms with Crippen molar-refractivity contribution < 1.29 is 13.2 Å². The molecule has 1 aliphatic rings. The standard InChI is InChI=1S/C6H7N3O3S/c10-13(11)5-3-7-4-8-6(5)12-2-1-9-13/h3-4,9H,1-2H2. The predicted octanol–water partition coefficient (Wildman–Crippen LogP) is -0.853. The molecule has 1 aromatic heterocycles. The lowest BCUT2D eigenvalue weighted by atomic mass is 10.6. The second-order valence-corrected chi connectivity index (χ2v) is 4.17. The van der Waals surface area contributed by atoms with Gasteiger partial charge in [0.25, 0.3) is 0 Å². The zero-order valence-corrected chi connectivity index (χ0v) is 7.41. The Labute approximate surface area is 75.0 Å². The van der Waals surface area contributed by atoms with Gasteiger partial charge in [0, 0.05) is 6.54 Å². The van der Waals surface area contributed by atoms with Gasteiger partial charge in [0.15, 0.2) is 4.90 Å². The Balaban J connectivity index is 2.62. The molecule has 2 rings (SSSR count). The molecule has 1 aromatic rings. The van der Waals surface area contributed by atoms with E-state index in [0.29, 0.717) is 0 Å². The number of nitrogens with one attached hydrogen (secondary N) is 1. The zero-order valence-electron chi connectivity index (χ0n) is 6.60. The molecule has 1 aliphatic heterocycles. The fraction of sp³-hybridized carbons (Fsp3) is 0.333. The maximum absolute atomic E-state index is 11.4. The minimum atomic E-state index is -3.48. The quantitative estimate of drug-likeness (QED) is 0.591. The Hall–Kier alpha value is -1.21. The van der Waals surface area contributed by atoms with E-state index in [1.54, 1.807) is 0 Å². The zero-order chi connectivity index (χ0) is 9.31. The molecule has 0 fully saturated rings. The van der Waals surface area contributed by atoms with Gasteiger partial charge in [-0.3, -0.25) is 0 Å². The Bertz CT molecular complexity index is 417. The molecule has 2 heterocycles. The van der Waals surface area contributed by atoms with Gasteiger partial charge in [-0.2, -0.15) is 0 Å². The second kappa shape index (κ2) is 2.93. The Morgan fingerprint density at radius 2 is 2.38 bits per heavy atom. The van der Waals surface area contributed by atoms with Crippen LogP contribution in [0.15, 0.2) is 17.4 Å². The van der Waals surface area contributed by atoms with Gasteiger partial charge in [-0.15, -0.1) is 0 Å². The molecule has 0 aromatic carbocycles. The van der Waals surface area contributed by atoms with Gasteiger partial charge >= 0.3 is 0 Å². The molecule has 0 unspecified atom stereocenters. The number of hydrogen-bond acceptors (Lipinski definition) is 5. The van der Waals surface area contributed by atoms with Crippen molar-refractivity contribution in [3.63, 3.8) is 0 Å². The molecule has 70 valence electrons. The lowest BCUT2D eigenvalue weighted by molar-refractivity contribution is 0.307. The van der Waals surface area contributed by atoms with E-state index < -0.39 is 10.0 Å². The molecule has 1 N–H and O–H groups in total. The van der Waals surface area contributed by atoms with Gasteiger partial charge in [0.1, 0.15) is 12.9 Å². The minimum absolute atomic E-state index is 0.00694. The predicted molar refractivity (Wildman–Crippen MR) is 42.7 cm³/mol. The molecule has 0 radical (unpaired) electrons. The third-order valence-corrected chi connectivity index (χ3v) is 3.01. The third kappa shape index (κ3) is 1.47. The van der Waals surface area contributed by atoms with E-state index in [4.69, 9.17) is 4.74 Å². The van der Waals surface area contributed by atoms with Crippen LogP contribution in [0.2, 0.25) is 0 Å². The SMILES string of the molecule is O=S1(=O)NCCOc2ncncc21. The first-order valence-electron chi connectivity index (χ1n) is 3.62. The van der Waals surface area contributed by atoms with Gasteiger partial charge < -0.3 is 4.74 Å². The number of rotatable bonds is 0. The van der Waals surface area contributed by atoms with Crippen LogP contribution in [0.1, 0.15) is 0 Å². The molecular formula is C6H7N3O3S. The molecule has 0 atom stereocenters.